The summed E-state index contributed by atoms with van der Waals surface area (Å²) in [5.41, 5.74) is -0.883. The Morgan fingerprint density at radius 1 is 1.22 bits per heavy atom. The Hall–Kier alpha value is -2.14. The van der Waals surface area contributed by atoms with Crippen LogP contribution in [0.4, 0.5) is 13.2 Å². The monoisotopic (exact) mass is 475 g/mol. The minimum absolute atomic E-state index is 0.0321. The zero-order chi connectivity index (χ0) is 23.8. The molecule has 1 aliphatic rings. The molecule has 3 rings (SSSR count). The van der Waals surface area contributed by atoms with Crippen LogP contribution >= 0.6 is 11.3 Å². The Balaban J connectivity index is 1.90. The summed E-state index contributed by atoms with van der Waals surface area (Å²) in [6.07, 6.45) is -4.15. The molecule has 1 aliphatic carbocycles. The van der Waals surface area contributed by atoms with E-state index in [9.17, 15) is 27.6 Å². The molecule has 1 fully saturated rings. The maximum Gasteiger partial charge on any atom is 0.389 e. The zero-order valence-corrected chi connectivity index (χ0v) is 19.4. The SMILES string of the molecule is Cc1c(CNCC(=O)OC(C)(C)C)sc2c1c(=O)n(C1CC1)c(=O)n2CCCC(F)(F)F. The van der Waals surface area contributed by atoms with Gasteiger partial charge in [0.1, 0.15) is 10.4 Å². The van der Waals surface area contributed by atoms with Crippen molar-refractivity contribution < 1.29 is 22.7 Å². The van der Waals surface area contributed by atoms with Crippen molar-refractivity contribution in [3.05, 3.63) is 31.3 Å². The lowest BCUT2D eigenvalue weighted by atomic mass is 10.2. The van der Waals surface area contributed by atoms with Gasteiger partial charge < -0.3 is 10.1 Å². The first-order valence-corrected chi connectivity index (χ1v) is 11.4. The molecular weight excluding hydrogens is 447 g/mol. The Morgan fingerprint density at radius 2 is 1.88 bits per heavy atom. The van der Waals surface area contributed by atoms with Gasteiger partial charge >= 0.3 is 17.8 Å². The second-order valence-electron chi connectivity index (χ2n) is 9.08. The number of aromatic nitrogens is 2. The summed E-state index contributed by atoms with van der Waals surface area (Å²) >= 11 is 1.20. The van der Waals surface area contributed by atoms with Crippen LogP contribution in [0.3, 0.4) is 0 Å². The van der Waals surface area contributed by atoms with Gasteiger partial charge in [-0.15, -0.1) is 11.3 Å². The fourth-order valence-electron chi connectivity index (χ4n) is 3.52. The maximum absolute atomic E-state index is 13.1. The number of hydrogen-bond donors (Lipinski definition) is 1. The van der Waals surface area contributed by atoms with Crippen molar-refractivity contribution in [3.63, 3.8) is 0 Å². The van der Waals surface area contributed by atoms with E-state index in [1.165, 1.54) is 20.5 Å². The molecule has 1 saturated carbocycles. The number of rotatable bonds is 8. The summed E-state index contributed by atoms with van der Waals surface area (Å²) in [7, 11) is 0. The standard InChI is InChI=1S/C21H28F3N3O4S/c1-12-14(10-25-11-15(28)31-20(2,3)4)32-18-16(12)17(29)27(13-6-7-13)19(30)26(18)9-5-8-21(22,23)24/h13,25H,5-11H2,1-4H3. The van der Waals surface area contributed by atoms with Gasteiger partial charge in [0, 0.05) is 30.4 Å². The molecule has 0 saturated heterocycles. The molecule has 2 aromatic rings. The molecule has 178 valence electrons. The smallest absolute Gasteiger partial charge is 0.389 e. The fraction of sp³-hybridized carbons (Fsp3) is 0.667. The molecule has 7 nitrogen and oxygen atoms in total. The van der Waals surface area contributed by atoms with Crippen LogP contribution in [-0.4, -0.2) is 33.4 Å². The minimum atomic E-state index is -4.31. The number of ether oxygens (including phenoxy) is 1. The van der Waals surface area contributed by atoms with Gasteiger partial charge in [-0.25, -0.2) is 4.79 Å². The van der Waals surface area contributed by atoms with Gasteiger partial charge in [0.05, 0.1) is 11.9 Å². The van der Waals surface area contributed by atoms with Crippen LogP contribution in [0.1, 0.15) is 62.9 Å². The second kappa shape index (κ2) is 9.01. The van der Waals surface area contributed by atoms with Gasteiger partial charge in [-0.1, -0.05) is 0 Å². The topological polar surface area (TPSA) is 82.3 Å². The van der Waals surface area contributed by atoms with Gasteiger partial charge in [0.25, 0.3) is 5.56 Å². The van der Waals surface area contributed by atoms with Gasteiger partial charge in [-0.2, -0.15) is 13.2 Å². The number of nitrogens with zero attached hydrogens (tertiary/aromatic N) is 2. The van der Waals surface area contributed by atoms with Crippen molar-refractivity contribution in [2.24, 2.45) is 0 Å². The van der Waals surface area contributed by atoms with E-state index >= 15 is 0 Å². The highest BCUT2D eigenvalue weighted by Gasteiger charge is 2.31. The number of halogens is 3. The number of thiophene rings is 1. The van der Waals surface area contributed by atoms with Crippen molar-refractivity contribution in [2.75, 3.05) is 6.54 Å². The lowest BCUT2D eigenvalue weighted by molar-refractivity contribution is -0.153. The van der Waals surface area contributed by atoms with E-state index < -0.39 is 35.4 Å². The number of hydrogen-bond acceptors (Lipinski definition) is 6. The minimum Gasteiger partial charge on any atom is -0.459 e. The predicted molar refractivity (Wildman–Crippen MR) is 116 cm³/mol. The summed E-state index contributed by atoms with van der Waals surface area (Å²) in [5.74, 6) is -0.420. The first kappa shape index (κ1) is 24.5. The van der Waals surface area contributed by atoms with Crippen LogP contribution in [0, 0.1) is 6.92 Å². The van der Waals surface area contributed by atoms with Crippen molar-refractivity contribution in [1.82, 2.24) is 14.5 Å². The fourth-order valence-corrected chi connectivity index (χ4v) is 4.81. The van der Waals surface area contributed by atoms with E-state index in [1.54, 1.807) is 27.7 Å². The highest BCUT2D eigenvalue weighted by molar-refractivity contribution is 7.18. The lowest BCUT2D eigenvalue weighted by Gasteiger charge is -2.19. The molecule has 1 N–H and O–H groups in total. The molecule has 0 aromatic carbocycles. The van der Waals surface area contributed by atoms with Crippen molar-refractivity contribution in [2.45, 2.75) is 84.3 Å². The summed E-state index contributed by atoms with van der Waals surface area (Å²) < 4.78 is 45.7. The summed E-state index contributed by atoms with van der Waals surface area (Å²) in [6.45, 7) is 7.18. The molecule has 0 amide bonds. The first-order chi connectivity index (χ1) is 14.8. The molecule has 0 aliphatic heterocycles. The van der Waals surface area contributed by atoms with Gasteiger partial charge in [0.2, 0.25) is 0 Å². The molecular formula is C21H28F3N3O4S. The Bertz CT molecular complexity index is 1120. The highest BCUT2D eigenvalue weighted by atomic mass is 32.1. The quantitative estimate of drug-likeness (QED) is 0.590. The first-order valence-electron chi connectivity index (χ1n) is 10.5. The van der Waals surface area contributed by atoms with Crippen LogP contribution < -0.4 is 16.6 Å². The normalized spacial score (nSPS) is 14.8. The van der Waals surface area contributed by atoms with E-state index in [2.05, 4.69) is 5.32 Å². The third-order valence-corrected chi connectivity index (χ3v) is 6.39. The zero-order valence-electron chi connectivity index (χ0n) is 18.6. The van der Waals surface area contributed by atoms with Crippen LogP contribution in [0.25, 0.3) is 10.2 Å². The van der Waals surface area contributed by atoms with Crippen LogP contribution in [-0.2, 0) is 22.6 Å². The third-order valence-electron chi connectivity index (χ3n) is 5.07. The van der Waals surface area contributed by atoms with E-state index in [0.29, 0.717) is 28.6 Å². The number of carbonyl (C=O) groups excluding carboxylic acids is 1. The van der Waals surface area contributed by atoms with Gasteiger partial charge in [-0.3, -0.25) is 18.7 Å². The largest absolute Gasteiger partial charge is 0.459 e. The van der Waals surface area contributed by atoms with Crippen molar-refractivity contribution in [3.8, 4) is 0 Å². The molecule has 32 heavy (non-hydrogen) atoms. The molecule has 0 radical (unpaired) electrons. The van der Waals surface area contributed by atoms with Gasteiger partial charge in [0.15, 0.2) is 0 Å². The molecule has 11 heteroatoms. The second-order valence-corrected chi connectivity index (χ2v) is 10.2. The molecule has 0 spiro atoms. The highest BCUT2D eigenvalue weighted by Crippen LogP contribution is 2.34. The predicted octanol–water partition coefficient (Wildman–Crippen LogP) is 3.64. The third kappa shape index (κ3) is 5.80. The molecule has 0 unspecified atom stereocenters. The van der Waals surface area contributed by atoms with E-state index in [-0.39, 0.29) is 32.1 Å². The van der Waals surface area contributed by atoms with Crippen molar-refractivity contribution >= 4 is 27.5 Å². The average Bonchev–Trinajstić information content (AvgIpc) is 3.40. The van der Waals surface area contributed by atoms with E-state index in [4.69, 9.17) is 4.74 Å². The van der Waals surface area contributed by atoms with Crippen LogP contribution in [0.5, 0.6) is 0 Å². The summed E-state index contributed by atoms with van der Waals surface area (Å²) in [6, 6.07) is -0.193. The molecule has 0 atom stereocenters. The number of carbonyl (C=O) groups is 1. The number of aryl methyl sites for hydroxylation is 2. The van der Waals surface area contributed by atoms with Crippen LogP contribution in [0.15, 0.2) is 9.59 Å². The Kier molecular flexibility index (Phi) is 6.90. The van der Waals surface area contributed by atoms with Gasteiger partial charge in [-0.05, 0) is 52.5 Å². The average molecular weight is 476 g/mol. The van der Waals surface area contributed by atoms with Crippen LogP contribution in [0.2, 0.25) is 0 Å². The summed E-state index contributed by atoms with van der Waals surface area (Å²) in [5, 5.41) is 3.35. The molecule has 2 aromatic heterocycles. The Morgan fingerprint density at radius 3 is 2.44 bits per heavy atom. The van der Waals surface area contributed by atoms with E-state index in [0.717, 1.165) is 4.88 Å². The molecule has 2 heterocycles. The van der Waals surface area contributed by atoms with E-state index in [1.807, 2.05) is 0 Å². The number of alkyl halides is 3. The summed E-state index contributed by atoms with van der Waals surface area (Å²) in [4.78, 5) is 39.1. The molecule has 0 bridgehead atoms. The Labute approximate surface area is 187 Å². The number of fused-ring (bicyclic) bond motifs is 1. The maximum atomic E-state index is 13.1. The van der Waals surface area contributed by atoms with Crippen molar-refractivity contribution in [1.29, 1.82) is 0 Å². The number of nitrogens with one attached hydrogen (secondary N) is 1. The number of esters is 1. The lowest BCUT2D eigenvalue weighted by Crippen LogP contribution is -2.39.